The lowest BCUT2D eigenvalue weighted by Gasteiger charge is -1.99. The summed E-state index contributed by atoms with van der Waals surface area (Å²) in [6, 6.07) is 0. The van der Waals surface area contributed by atoms with Gasteiger partial charge in [-0.2, -0.15) is 4.90 Å². The molecular formula is C4H7NO2. The molecule has 0 aliphatic heterocycles. The first kappa shape index (κ1) is 6.14. The summed E-state index contributed by atoms with van der Waals surface area (Å²) in [6.45, 7) is 3.42. The zero-order valence-electron chi connectivity index (χ0n) is 3.96. The topological polar surface area (TPSA) is 49.1 Å². The number of nitrogens with zero attached hydrogens (tertiary/aromatic N) is 1. The van der Waals surface area contributed by atoms with Crippen molar-refractivity contribution < 1.29 is 4.90 Å². The van der Waals surface area contributed by atoms with Crippen molar-refractivity contribution in [3.8, 4) is 0 Å². The molecule has 0 aliphatic carbocycles. The van der Waals surface area contributed by atoms with E-state index in [-0.39, 0.29) is 0 Å². The SMILES string of the molecule is [CH2+]CCC=[N+]([O-])[O-]. The Hall–Kier alpha value is -0.860. The van der Waals surface area contributed by atoms with Gasteiger partial charge in [0.15, 0.2) is 6.21 Å². The van der Waals surface area contributed by atoms with Gasteiger partial charge in [-0.15, -0.1) is 0 Å². The first-order valence-electron chi connectivity index (χ1n) is 2.03. The highest BCUT2D eigenvalue weighted by Gasteiger charge is 1.80. The van der Waals surface area contributed by atoms with Crippen LogP contribution in [-0.4, -0.2) is 11.1 Å². The zero-order valence-corrected chi connectivity index (χ0v) is 3.96. The molecule has 0 atom stereocenters. The molecule has 0 fully saturated rings. The van der Waals surface area contributed by atoms with Gasteiger partial charge in [-0.05, 0) is 0 Å². The van der Waals surface area contributed by atoms with Crippen LogP contribution in [0.5, 0.6) is 0 Å². The Bertz CT molecular complexity index is 66.1. The molecule has 0 spiro atoms. The Morgan fingerprint density at radius 3 is 2.29 bits per heavy atom. The second kappa shape index (κ2) is 3.33. The molecule has 0 aromatic carbocycles. The van der Waals surface area contributed by atoms with Crippen LogP contribution in [0.15, 0.2) is 0 Å². The van der Waals surface area contributed by atoms with Gasteiger partial charge in [-0.25, -0.2) is 0 Å². The van der Waals surface area contributed by atoms with Crippen LogP contribution < -0.4 is 0 Å². The van der Waals surface area contributed by atoms with Crippen molar-refractivity contribution in [1.82, 2.24) is 0 Å². The van der Waals surface area contributed by atoms with E-state index < -0.39 is 4.90 Å². The summed E-state index contributed by atoms with van der Waals surface area (Å²) in [5.74, 6) is 0. The van der Waals surface area contributed by atoms with E-state index >= 15 is 0 Å². The van der Waals surface area contributed by atoms with Gasteiger partial charge in [-0.3, -0.25) is 0 Å². The van der Waals surface area contributed by atoms with Gasteiger partial charge < -0.3 is 10.4 Å². The summed E-state index contributed by atoms with van der Waals surface area (Å²) in [5.41, 5.74) is 0. The highest BCUT2D eigenvalue weighted by molar-refractivity contribution is 5.51. The fourth-order valence-electron chi connectivity index (χ4n) is 0.197. The molecular weight excluding hydrogens is 94.0 g/mol. The third-order valence-electron chi connectivity index (χ3n) is 0.482. The molecule has 7 heavy (non-hydrogen) atoms. The lowest BCUT2D eigenvalue weighted by atomic mass is 10.4. The number of hydrogen-bond acceptors (Lipinski definition) is 2. The molecule has 0 aliphatic rings. The predicted octanol–water partition coefficient (Wildman–Crippen LogP) is 0.680. The van der Waals surface area contributed by atoms with Crippen molar-refractivity contribution in [3.63, 3.8) is 0 Å². The van der Waals surface area contributed by atoms with Crippen LogP contribution >= 0.6 is 0 Å². The smallest absolute Gasteiger partial charge is 0.167 e. The largest absolute Gasteiger partial charge is 0.613 e. The molecule has 0 saturated heterocycles. The van der Waals surface area contributed by atoms with Gasteiger partial charge in [0, 0.05) is 0 Å². The van der Waals surface area contributed by atoms with Gasteiger partial charge in [0.1, 0.15) is 0 Å². The molecule has 0 unspecified atom stereocenters. The van der Waals surface area contributed by atoms with E-state index in [0.29, 0.717) is 12.8 Å². The summed E-state index contributed by atoms with van der Waals surface area (Å²) < 4.78 is 0. The molecule has 40 valence electrons. The van der Waals surface area contributed by atoms with E-state index in [1.54, 1.807) is 0 Å². The van der Waals surface area contributed by atoms with Gasteiger partial charge in [0.05, 0.1) is 19.8 Å². The average Bonchev–Trinajstić information content (AvgIpc) is 1.61. The second-order valence-electron chi connectivity index (χ2n) is 1.11. The minimum absolute atomic E-state index is 0.453. The Balaban J connectivity index is 3.08. The third-order valence-corrected chi connectivity index (χ3v) is 0.482. The Labute approximate surface area is 42.4 Å². The number of rotatable bonds is 2. The van der Waals surface area contributed by atoms with Gasteiger partial charge in [0.25, 0.3) is 0 Å². The first-order chi connectivity index (χ1) is 3.27. The molecule has 3 nitrogen and oxygen atoms in total. The van der Waals surface area contributed by atoms with Crippen LogP contribution in [0.3, 0.4) is 0 Å². The maximum Gasteiger partial charge on any atom is 0.167 e. The standard InChI is InChI=1S/C4H7NO2/c1-2-3-4-5(6)7/h4H,1-3H2. The quantitative estimate of drug-likeness (QED) is 0.222. The molecule has 0 amide bonds. The maximum absolute atomic E-state index is 9.48. The van der Waals surface area contributed by atoms with E-state index in [1.807, 2.05) is 0 Å². The van der Waals surface area contributed by atoms with Crippen LogP contribution in [0.25, 0.3) is 0 Å². The zero-order chi connectivity index (χ0) is 5.70. The molecule has 0 N–H and O–H groups in total. The van der Waals surface area contributed by atoms with Crippen molar-refractivity contribution in [2.45, 2.75) is 12.8 Å². The molecule has 0 heterocycles. The lowest BCUT2D eigenvalue weighted by Crippen LogP contribution is -1.91. The fraction of sp³-hybridized carbons (Fsp3) is 0.500. The first-order valence-corrected chi connectivity index (χ1v) is 2.03. The minimum Gasteiger partial charge on any atom is -0.613 e. The molecule has 0 aromatic rings. The lowest BCUT2D eigenvalue weighted by molar-refractivity contribution is -0.374. The Morgan fingerprint density at radius 1 is 1.57 bits per heavy atom. The van der Waals surface area contributed by atoms with Gasteiger partial charge in [0.2, 0.25) is 0 Å². The fourth-order valence-corrected chi connectivity index (χ4v) is 0.197. The summed E-state index contributed by atoms with van der Waals surface area (Å²) in [6.07, 6.45) is 2.07. The van der Waals surface area contributed by atoms with E-state index in [1.165, 1.54) is 0 Å². The van der Waals surface area contributed by atoms with Crippen LogP contribution in [-0.2, 0) is 0 Å². The van der Waals surface area contributed by atoms with Gasteiger partial charge >= 0.3 is 0 Å². The Morgan fingerprint density at radius 2 is 2.14 bits per heavy atom. The van der Waals surface area contributed by atoms with Crippen molar-refractivity contribution in [2.75, 3.05) is 0 Å². The predicted molar refractivity (Wildman–Crippen MR) is 27.6 cm³/mol. The monoisotopic (exact) mass is 101 g/mol. The summed E-state index contributed by atoms with van der Waals surface area (Å²) >= 11 is 0. The van der Waals surface area contributed by atoms with Crippen LogP contribution in [0, 0.1) is 17.3 Å². The van der Waals surface area contributed by atoms with Crippen molar-refractivity contribution >= 4 is 6.21 Å². The molecule has 0 radical (unpaired) electrons. The highest BCUT2D eigenvalue weighted by atomic mass is 16.8. The van der Waals surface area contributed by atoms with E-state index in [4.69, 9.17) is 0 Å². The van der Waals surface area contributed by atoms with Crippen LogP contribution in [0.1, 0.15) is 12.8 Å². The number of unbranched alkanes of at least 4 members (excludes halogenated alkanes) is 1. The van der Waals surface area contributed by atoms with E-state index in [0.717, 1.165) is 6.21 Å². The average molecular weight is 101 g/mol. The van der Waals surface area contributed by atoms with Crippen LogP contribution in [0.2, 0.25) is 0 Å². The van der Waals surface area contributed by atoms with Crippen molar-refractivity contribution in [1.29, 1.82) is 0 Å². The third kappa shape index (κ3) is 5.14. The van der Waals surface area contributed by atoms with E-state index in [2.05, 4.69) is 6.92 Å². The van der Waals surface area contributed by atoms with E-state index in [9.17, 15) is 10.4 Å². The minimum atomic E-state index is -0.453. The van der Waals surface area contributed by atoms with Crippen LogP contribution in [0.4, 0.5) is 0 Å². The van der Waals surface area contributed by atoms with Crippen molar-refractivity contribution in [3.05, 3.63) is 17.3 Å². The number of hydrogen-bond donors (Lipinski definition) is 0. The summed E-state index contributed by atoms with van der Waals surface area (Å²) in [5, 5.41) is 19.0. The molecule has 0 saturated carbocycles. The summed E-state index contributed by atoms with van der Waals surface area (Å²) in [7, 11) is 0. The summed E-state index contributed by atoms with van der Waals surface area (Å²) in [4.78, 5) is -0.453. The second-order valence-corrected chi connectivity index (χ2v) is 1.11. The molecule has 0 bridgehead atoms. The maximum atomic E-state index is 9.48. The Kier molecular flexibility index (Phi) is 2.92. The molecule has 0 aromatic heterocycles. The molecule has 0 rings (SSSR count). The van der Waals surface area contributed by atoms with Crippen molar-refractivity contribution in [2.24, 2.45) is 0 Å². The normalized spacial score (nSPS) is 8.00. The highest BCUT2D eigenvalue weighted by Crippen LogP contribution is 1.77. The van der Waals surface area contributed by atoms with Gasteiger partial charge in [-0.1, -0.05) is 0 Å². The molecule has 3 heteroatoms.